The van der Waals surface area contributed by atoms with E-state index < -0.39 is 0 Å². The van der Waals surface area contributed by atoms with Crippen molar-refractivity contribution in [2.45, 2.75) is 0 Å². The van der Waals surface area contributed by atoms with Crippen molar-refractivity contribution in [2.75, 3.05) is 5.32 Å². The van der Waals surface area contributed by atoms with Crippen LogP contribution in [0.15, 0.2) is 36.8 Å². The predicted octanol–water partition coefficient (Wildman–Crippen LogP) is 1.96. The highest BCUT2D eigenvalue weighted by Gasteiger charge is 2.03. The van der Waals surface area contributed by atoms with Gasteiger partial charge in [-0.25, -0.2) is 9.97 Å². The molecule has 1 N–H and O–H groups in total. The minimum absolute atomic E-state index is 0.372. The molecular weight excluding hydrogens is 214 g/mol. The minimum Gasteiger partial charge on any atom is -0.339 e. The van der Waals surface area contributed by atoms with Gasteiger partial charge in [0, 0.05) is 5.69 Å². The first-order valence-corrected chi connectivity index (χ1v) is 4.81. The predicted molar refractivity (Wildman–Crippen MR) is 61.2 cm³/mol. The van der Waals surface area contributed by atoms with Gasteiger partial charge in [0.15, 0.2) is 5.82 Å². The summed E-state index contributed by atoms with van der Waals surface area (Å²) < 4.78 is 0. The molecule has 0 bridgehead atoms. The fourth-order valence-corrected chi connectivity index (χ4v) is 1.28. The molecule has 1 aromatic heterocycles. The molecule has 0 aliphatic heterocycles. The fraction of sp³-hybridized carbons (Fsp3) is 0. The second-order valence-electron chi connectivity index (χ2n) is 3.21. The Morgan fingerprint density at radius 3 is 2.47 bits per heavy atom. The average molecular weight is 221 g/mol. The van der Waals surface area contributed by atoms with Crippen molar-refractivity contribution in [3.63, 3.8) is 0 Å². The Bertz CT molecular complexity index is 604. The van der Waals surface area contributed by atoms with Gasteiger partial charge in [0.1, 0.15) is 18.0 Å². The fourth-order valence-electron chi connectivity index (χ4n) is 1.28. The second kappa shape index (κ2) is 4.73. The molecule has 0 fully saturated rings. The van der Waals surface area contributed by atoms with Gasteiger partial charge in [-0.2, -0.15) is 10.5 Å². The monoisotopic (exact) mass is 221 g/mol. The smallest absolute Gasteiger partial charge is 0.151 e. The van der Waals surface area contributed by atoms with E-state index in [9.17, 15) is 0 Å². The lowest BCUT2D eigenvalue weighted by Gasteiger charge is -2.05. The molecule has 2 rings (SSSR count). The Morgan fingerprint density at radius 1 is 1.06 bits per heavy atom. The number of anilines is 2. The van der Waals surface area contributed by atoms with Gasteiger partial charge in [0.2, 0.25) is 0 Å². The molecule has 0 saturated heterocycles. The summed E-state index contributed by atoms with van der Waals surface area (Å²) in [6, 6.07) is 10.9. The molecule has 17 heavy (non-hydrogen) atoms. The topological polar surface area (TPSA) is 85.4 Å². The molecule has 2 aromatic rings. The molecule has 5 heteroatoms. The molecule has 80 valence electrons. The number of rotatable bonds is 2. The van der Waals surface area contributed by atoms with Crippen LogP contribution in [0.3, 0.4) is 0 Å². The third-order valence-corrected chi connectivity index (χ3v) is 2.11. The summed E-state index contributed by atoms with van der Waals surface area (Å²) >= 11 is 0. The van der Waals surface area contributed by atoms with E-state index in [0.717, 1.165) is 5.69 Å². The summed E-state index contributed by atoms with van der Waals surface area (Å²) in [7, 11) is 0. The average Bonchev–Trinajstić information content (AvgIpc) is 2.40. The van der Waals surface area contributed by atoms with Crippen molar-refractivity contribution >= 4 is 11.5 Å². The maximum Gasteiger partial charge on any atom is 0.151 e. The van der Waals surface area contributed by atoms with Crippen molar-refractivity contribution in [2.24, 2.45) is 0 Å². The molecule has 0 aliphatic carbocycles. The summed E-state index contributed by atoms with van der Waals surface area (Å²) in [5.74, 6) is 0.451. The number of hydrogen-bond donors (Lipinski definition) is 1. The highest BCUT2D eigenvalue weighted by molar-refractivity contribution is 5.62. The van der Waals surface area contributed by atoms with Crippen molar-refractivity contribution < 1.29 is 0 Å². The first-order valence-electron chi connectivity index (χ1n) is 4.81. The second-order valence-corrected chi connectivity index (χ2v) is 3.21. The maximum atomic E-state index is 8.87. The van der Waals surface area contributed by atoms with Gasteiger partial charge in [-0.1, -0.05) is 0 Å². The van der Waals surface area contributed by atoms with Gasteiger partial charge < -0.3 is 5.32 Å². The van der Waals surface area contributed by atoms with E-state index in [1.807, 2.05) is 12.1 Å². The van der Waals surface area contributed by atoms with E-state index in [1.54, 1.807) is 24.3 Å². The Kier molecular flexibility index (Phi) is 2.95. The van der Waals surface area contributed by atoms with Crippen LogP contribution in [0.1, 0.15) is 11.1 Å². The van der Waals surface area contributed by atoms with Crippen molar-refractivity contribution in [1.82, 2.24) is 9.97 Å². The molecule has 0 unspecified atom stereocenters. The maximum absolute atomic E-state index is 8.87. The van der Waals surface area contributed by atoms with E-state index in [4.69, 9.17) is 10.5 Å². The summed E-state index contributed by atoms with van der Waals surface area (Å²) in [5.41, 5.74) is 1.72. The summed E-state index contributed by atoms with van der Waals surface area (Å²) in [5, 5.41) is 20.5. The van der Waals surface area contributed by atoms with Crippen LogP contribution in [0.2, 0.25) is 0 Å². The van der Waals surface area contributed by atoms with Gasteiger partial charge in [0.25, 0.3) is 0 Å². The first kappa shape index (κ1) is 10.6. The lowest BCUT2D eigenvalue weighted by molar-refractivity contribution is 1.15. The van der Waals surface area contributed by atoms with Gasteiger partial charge in [-0.15, -0.1) is 0 Å². The zero-order chi connectivity index (χ0) is 12.1. The Labute approximate surface area is 98.0 Å². The van der Waals surface area contributed by atoms with Crippen LogP contribution < -0.4 is 5.32 Å². The third kappa shape index (κ3) is 2.36. The van der Waals surface area contributed by atoms with Crippen molar-refractivity contribution in [3.8, 4) is 12.1 Å². The van der Waals surface area contributed by atoms with E-state index in [2.05, 4.69) is 15.3 Å². The van der Waals surface area contributed by atoms with Crippen LogP contribution in [0.4, 0.5) is 11.5 Å². The molecule has 1 aromatic carbocycles. The highest BCUT2D eigenvalue weighted by Crippen LogP contribution is 2.17. The largest absolute Gasteiger partial charge is 0.339 e. The molecule has 0 saturated carbocycles. The highest BCUT2D eigenvalue weighted by atomic mass is 15.0. The van der Waals surface area contributed by atoms with Crippen LogP contribution in [-0.2, 0) is 0 Å². The Hall–Kier alpha value is -2.92. The summed E-state index contributed by atoms with van der Waals surface area (Å²) in [4.78, 5) is 7.75. The van der Waals surface area contributed by atoms with Crippen LogP contribution in [0.25, 0.3) is 0 Å². The normalized spacial score (nSPS) is 9.06. The Balaban J connectivity index is 2.26. The minimum atomic E-state index is 0.372. The van der Waals surface area contributed by atoms with Crippen LogP contribution in [0.5, 0.6) is 0 Å². The number of hydrogen-bond acceptors (Lipinski definition) is 5. The number of nitriles is 2. The standard InChI is InChI=1S/C12H7N5/c13-5-9-1-3-11(4-2-9)17-12-10(6-14)7-15-8-16-12/h1-4,7-8H,(H,15,16,17). The molecule has 0 atom stereocenters. The van der Waals surface area contributed by atoms with Crippen LogP contribution in [-0.4, -0.2) is 9.97 Å². The number of benzene rings is 1. The summed E-state index contributed by atoms with van der Waals surface area (Å²) in [6.07, 6.45) is 2.81. The molecule has 1 heterocycles. The SMILES string of the molecule is N#Cc1ccc(Nc2ncncc2C#N)cc1. The van der Waals surface area contributed by atoms with E-state index >= 15 is 0 Å². The van der Waals surface area contributed by atoms with E-state index in [0.29, 0.717) is 16.9 Å². The lowest BCUT2D eigenvalue weighted by Crippen LogP contribution is -1.97. The molecule has 0 aliphatic rings. The quantitative estimate of drug-likeness (QED) is 0.837. The summed E-state index contributed by atoms with van der Waals surface area (Å²) in [6.45, 7) is 0. The van der Waals surface area contributed by atoms with Crippen LogP contribution >= 0.6 is 0 Å². The number of aromatic nitrogens is 2. The molecule has 5 nitrogen and oxygen atoms in total. The van der Waals surface area contributed by atoms with Crippen LogP contribution in [0, 0.1) is 22.7 Å². The molecule has 0 radical (unpaired) electrons. The third-order valence-electron chi connectivity index (χ3n) is 2.11. The van der Waals surface area contributed by atoms with Gasteiger partial charge in [-0.05, 0) is 24.3 Å². The van der Waals surface area contributed by atoms with Gasteiger partial charge in [-0.3, -0.25) is 0 Å². The van der Waals surface area contributed by atoms with E-state index in [-0.39, 0.29) is 0 Å². The van der Waals surface area contributed by atoms with Crippen molar-refractivity contribution in [3.05, 3.63) is 47.9 Å². The number of nitrogens with zero attached hydrogens (tertiary/aromatic N) is 4. The molecule has 0 spiro atoms. The lowest BCUT2D eigenvalue weighted by atomic mass is 10.2. The van der Waals surface area contributed by atoms with Crippen molar-refractivity contribution in [1.29, 1.82) is 10.5 Å². The van der Waals surface area contributed by atoms with E-state index in [1.165, 1.54) is 12.5 Å². The zero-order valence-electron chi connectivity index (χ0n) is 8.75. The first-order chi connectivity index (χ1) is 8.33. The molecule has 0 amide bonds. The zero-order valence-corrected chi connectivity index (χ0v) is 8.75. The molecular formula is C12H7N5. The van der Waals surface area contributed by atoms with Gasteiger partial charge in [0.05, 0.1) is 17.8 Å². The Morgan fingerprint density at radius 2 is 1.82 bits per heavy atom. The van der Waals surface area contributed by atoms with Gasteiger partial charge >= 0.3 is 0 Å². The number of nitrogens with one attached hydrogen (secondary N) is 1.